The van der Waals surface area contributed by atoms with Crippen molar-refractivity contribution >= 4 is 23.5 Å². The van der Waals surface area contributed by atoms with Crippen molar-refractivity contribution in [1.82, 2.24) is 5.32 Å². The molecule has 42 heavy (non-hydrogen) atoms. The van der Waals surface area contributed by atoms with Crippen LogP contribution in [0.15, 0.2) is 44.8 Å². The molecule has 4 aliphatic rings. The number of amides is 1. The number of ketones is 1. The van der Waals surface area contributed by atoms with E-state index in [2.05, 4.69) is 32.2 Å². The van der Waals surface area contributed by atoms with E-state index in [0.29, 0.717) is 35.1 Å². The van der Waals surface area contributed by atoms with E-state index in [0.717, 1.165) is 19.3 Å². The molecule has 9 atom stereocenters. The minimum absolute atomic E-state index is 0.136. The Balaban J connectivity index is 1.90. The standard InChI is InChI=1S/C33H49NO7S/c1-16-9-10-24-20(5)27(36)21(6)30(40-24)25-26-31(22(7)28(37)29(25)38)41-33(39,32(26)42-12-11-34-23(8)35)19(4)15-18(3)14-17(2)13-16/h13,16,18-21,24,27,30,36,38-39H,9-12,14-15H2,1-8H3,(H,34,35)/b17-13+/t16-,18+,19-,20-,21+,24+,27-,30+,33-/m0/s1. The average molecular weight is 604 g/mol. The molecule has 3 aliphatic heterocycles. The molecule has 4 bridgehead atoms. The molecule has 3 heterocycles. The highest BCUT2D eigenvalue weighted by molar-refractivity contribution is 8.03. The molecule has 0 unspecified atom stereocenters. The second-order valence-corrected chi connectivity index (χ2v) is 14.3. The molecule has 0 aromatic rings. The minimum atomic E-state index is -1.75. The van der Waals surface area contributed by atoms with Gasteiger partial charge in [0.1, 0.15) is 5.76 Å². The Morgan fingerprint density at radius 1 is 1.14 bits per heavy atom. The van der Waals surface area contributed by atoms with Gasteiger partial charge in [-0.05, 0) is 51.4 Å². The van der Waals surface area contributed by atoms with Crippen molar-refractivity contribution in [3.05, 3.63) is 44.8 Å². The number of fused-ring (bicyclic) bond motifs is 4. The third-order valence-electron chi connectivity index (χ3n) is 9.50. The van der Waals surface area contributed by atoms with Gasteiger partial charge in [0.15, 0.2) is 5.76 Å². The van der Waals surface area contributed by atoms with E-state index in [1.54, 1.807) is 6.92 Å². The largest absolute Gasteiger partial charge is 0.504 e. The number of aliphatic hydroxyl groups is 3. The number of allylic oxidation sites excluding steroid dienone is 4. The molecule has 4 rings (SSSR count). The maximum Gasteiger partial charge on any atom is 0.244 e. The lowest BCUT2D eigenvalue weighted by atomic mass is 9.75. The van der Waals surface area contributed by atoms with E-state index < -0.39 is 35.5 Å². The zero-order valence-electron chi connectivity index (χ0n) is 26.3. The van der Waals surface area contributed by atoms with Gasteiger partial charge in [0, 0.05) is 53.7 Å². The molecule has 234 valence electrons. The number of ether oxygens (including phenoxy) is 2. The van der Waals surface area contributed by atoms with E-state index in [1.165, 1.54) is 24.3 Å². The predicted molar refractivity (Wildman–Crippen MR) is 164 cm³/mol. The highest BCUT2D eigenvalue weighted by Gasteiger charge is 2.55. The number of carbonyl (C=O) groups excluding carboxylic acids is 2. The Morgan fingerprint density at radius 2 is 1.83 bits per heavy atom. The molecule has 1 fully saturated rings. The summed E-state index contributed by atoms with van der Waals surface area (Å²) in [6.07, 6.45) is 3.68. The Kier molecular flexibility index (Phi) is 10.1. The Hall–Kier alpha value is -2.07. The van der Waals surface area contributed by atoms with E-state index in [4.69, 9.17) is 9.47 Å². The molecule has 4 N–H and O–H groups in total. The molecular weight excluding hydrogens is 554 g/mol. The summed E-state index contributed by atoms with van der Waals surface area (Å²) in [6, 6.07) is 0. The first-order valence-corrected chi connectivity index (χ1v) is 16.4. The van der Waals surface area contributed by atoms with Crippen LogP contribution >= 0.6 is 11.8 Å². The second kappa shape index (κ2) is 12.9. The smallest absolute Gasteiger partial charge is 0.244 e. The lowest BCUT2D eigenvalue weighted by molar-refractivity contribution is -0.167. The molecule has 9 heteroatoms. The Bertz CT molecular complexity index is 1220. The van der Waals surface area contributed by atoms with Gasteiger partial charge < -0.3 is 30.1 Å². The fraction of sp³-hybridized carbons (Fsp3) is 0.697. The van der Waals surface area contributed by atoms with Crippen LogP contribution in [0.2, 0.25) is 0 Å². The van der Waals surface area contributed by atoms with Crippen LogP contribution in [0.5, 0.6) is 0 Å². The molecule has 0 spiro atoms. The monoisotopic (exact) mass is 603 g/mol. The van der Waals surface area contributed by atoms with Crippen molar-refractivity contribution in [2.75, 3.05) is 12.3 Å². The van der Waals surface area contributed by atoms with Crippen LogP contribution in [0.1, 0.15) is 81.1 Å². The number of thioether (sulfide) groups is 1. The maximum atomic E-state index is 13.4. The van der Waals surface area contributed by atoms with E-state index >= 15 is 0 Å². The molecule has 0 radical (unpaired) electrons. The van der Waals surface area contributed by atoms with Crippen LogP contribution in [-0.2, 0) is 19.1 Å². The summed E-state index contributed by atoms with van der Waals surface area (Å²) in [6.45, 7) is 15.8. The third-order valence-corrected chi connectivity index (χ3v) is 10.7. The van der Waals surface area contributed by atoms with Crippen LogP contribution in [0, 0.1) is 29.6 Å². The topological polar surface area (TPSA) is 125 Å². The number of rotatable bonds is 4. The van der Waals surface area contributed by atoms with Crippen molar-refractivity contribution in [1.29, 1.82) is 0 Å². The molecule has 0 aromatic carbocycles. The normalized spacial score (nSPS) is 39.2. The van der Waals surface area contributed by atoms with Gasteiger partial charge in [0.2, 0.25) is 17.5 Å². The van der Waals surface area contributed by atoms with E-state index in [1.807, 2.05) is 20.8 Å². The summed E-state index contributed by atoms with van der Waals surface area (Å²) in [4.78, 5) is 25.5. The summed E-state index contributed by atoms with van der Waals surface area (Å²) in [5, 5.41) is 38.0. The molecule has 1 amide bonds. The van der Waals surface area contributed by atoms with Crippen molar-refractivity contribution in [2.45, 2.75) is 105 Å². The highest BCUT2D eigenvalue weighted by atomic mass is 32.2. The van der Waals surface area contributed by atoms with Crippen molar-refractivity contribution in [2.24, 2.45) is 29.6 Å². The molecule has 0 saturated carbocycles. The fourth-order valence-electron chi connectivity index (χ4n) is 7.16. The summed E-state index contributed by atoms with van der Waals surface area (Å²) in [5.74, 6) is -2.51. The molecular formula is C33H49NO7S. The van der Waals surface area contributed by atoms with Crippen molar-refractivity contribution < 1.29 is 34.4 Å². The zero-order chi connectivity index (χ0) is 31.1. The third kappa shape index (κ3) is 6.26. The van der Waals surface area contributed by atoms with Gasteiger partial charge in [-0.1, -0.05) is 46.3 Å². The lowest BCUT2D eigenvalue weighted by Gasteiger charge is -2.44. The van der Waals surface area contributed by atoms with Gasteiger partial charge in [-0.25, -0.2) is 0 Å². The zero-order valence-corrected chi connectivity index (χ0v) is 27.1. The van der Waals surface area contributed by atoms with Crippen LogP contribution < -0.4 is 5.32 Å². The van der Waals surface area contributed by atoms with Gasteiger partial charge >= 0.3 is 0 Å². The van der Waals surface area contributed by atoms with Gasteiger partial charge in [0.25, 0.3) is 0 Å². The van der Waals surface area contributed by atoms with E-state index in [9.17, 15) is 24.9 Å². The van der Waals surface area contributed by atoms with Crippen LogP contribution in [0.3, 0.4) is 0 Å². The Labute approximate surface area is 254 Å². The maximum absolute atomic E-state index is 13.4. The SMILES string of the molecule is CC(=O)NCCSC1=C2C3=C(C)C(=O)C(O)=C2[C@@H]2O[C@H](CC[C@H](C)/C=C(\C)C[C@@H](C)C[C@H](C)[C@]1(O)O3)[C@H](C)[C@H](O)[C@H]2C. The summed E-state index contributed by atoms with van der Waals surface area (Å²) in [7, 11) is 0. The van der Waals surface area contributed by atoms with Crippen molar-refractivity contribution in [3.8, 4) is 0 Å². The van der Waals surface area contributed by atoms with Gasteiger partial charge in [0.05, 0.1) is 23.2 Å². The van der Waals surface area contributed by atoms with Gasteiger partial charge in [-0.15, -0.1) is 11.8 Å². The van der Waals surface area contributed by atoms with Crippen LogP contribution in [-0.4, -0.2) is 63.4 Å². The minimum Gasteiger partial charge on any atom is -0.504 e. The lowest BCUT2D eigenvalue weighted by Crippen LogP contribution is -2.50. The Morgan fingerprint density at radius 3 is 2.50 bits per heavy atom. The van der Waals surface area contributed by atoms with E-state index in [-0.39, 0.29) is 46.7 Å². The molecule has 8 nitrogen and oxygen atoms in total. The van der Waals surface area contributed by atoms with Crippen LogP contribution in [0.25, 0.3) is 0 Å². The fourth-order valence-corrected chi connectivity index (χ4v) is 8.36. The number of aliphatic hydroxyl groups excluding tert-OH is 2. The molecule has 1 aliphatic carbocycles. The number of hydrogen-bond donors (Lipinski definition) is 4. The summed E-state index contributed by atoms with van der Waals surface area (Å²) >= 11 is 1.36. The first-order chi connectivity index (χ1) is 19.7. The van der Waals surface area contributed by atoms with Gasteiger partial charge in [-0.2, -0.15) is 0 Å². The van der Waals surface area contributed by atoms with Crippen LogP contribution in [0.4, 0.5) is 0 Å². The first-order valence-electron chi connectivity index (χ1n) is 15.4. The molecule has 1 saturated heterocycles. The van der Waals surface area contributed by atoms with Crippen molar-refractivity contribution in [3.63, 3.8) is 0 Å². The highest BCUT2D eigenvalue weighted by Crippen LogP contribution is 2.55. The number of nitrogens with one attached hydrogen (secondary N) is 1. The number of hydrogen-bond acceptors (Lipinski definition) is 8. The average Bonchev–Trinajstić information content (AvgIpc) is 3.21. The summed E-state index contributed by atoms with van der Waals surface area (Å²) < 4.78 is 13.1. The molecule has 0 aromatic heterocycles. The summed E-state index contributed by atoms with van der Waals surface area (Å²) in [5.41, 5.74) is 2.28. The first kappa shape index (κ1) is 32.8. The predicted octanol–water partition coefficient (Wildman–Crippen LogP) is 5.33. The second-order valence-electron chi connectivity index (χ2n) is 13.2. The number of Topliss-reactive ketones (excluding diaryl/α,β-unsaturated/α-hetero) is 1. The quantitative estimate of drug-likeness (QED) is 0.251. The van der Waals surface area contributed by atoms with Gasteiger partial charge in [-0.3, -0.25) is 9.59 Å². The number of carbonyl (C=O) groups is 2.